The van der Waals surface area contributed by atoms with Crippen molar-refractivity contribution in [3.05, 3.63) is 12.4 Å². The van der Waals surface area contributed by atoms with Crippen LogP contribution in [0, 0.1) is 5.92 Å². The zero-order chi connectivity index (χ0) is 15.4. The number of esters is 1. The number of anilines is 2. The van der Waals surface area contributed by atoms with Crippen LogP contribution in [0.25, 0.3) is 0 Å². The van der Waals surface area contributed by atoms with Crippen LogP contribution >= 0.6 is 0 Å². The lowest BCUT2D eigenvalue weighted by molar-refractivity contribution is -0.148. The summed E-state index contributed by atoms with van der Waals surface area (Å²) in [5.74, 6) is 1.98. The second-order valence-electron chi connectivity index (χ2n) is 5.94. The molecule has 120 valence electrons. The Morgan fingerprint density at radius 1 is 1.14 bits per heavy atom. The fourth-order valence-electron chi connectivity index (χ4n) is 3.23. The number of nitrogens with zero attached hydrogens (tertiary/aromatic N) is 4. The number of hydrogen-bond donors (Lipinski definition) is 0. The number of rotatable bonds is 4. The van der Waals surface area contributed by atoms with Gasteiger partial charge in [0.25, 0.3) is 0 Å². The fraction of sp³-hybridized carbons (Fsp3) is 0.688. The molecule has 0 atom stereocenters. The molecule has 0 aromatic carbocycles. The molecular weight excluding hydrogens is 280 g/mol. The quantitative estimate of drug-likeness (QED) is 0.791. The Kier molecular flexibility index (Phi) is 4.75. The Bertz CT molecular complexity index is 509. The maximum atomic E-state index is 11.8. The van der Waals surface area contributed by atoms with Gasteiger partial charge in [-0.2, -0.15) is 0 Å². The molecule has 0 saturated carbocycles. The number of piperidine rings is 1. The van der Waals surface area contributed by atoms with Gasteiger partial charge >= 0.3 is 5.97 Å². The molecule has 0 unspecified atom stereocenters. The highest BCUT2D eigenvalue weighted by atomic mass is 16.5. The van der Waals surface area contributed by atoms with E-state index in [1.807, 2.05) is 6.92 Å². The monoisotopic (exact) mass is 304 g/mol. The van der Waals surface area contributed by atoms with E-state index in [4.69, 9.17) is 4.74 Å². The Morgan fingerprint density at radius 2 is 1.73 bits per heavy atom. The first-order valence-electron chi connectivity index (χ1n) is 8.26. The van der Waals surface area contributed by atoms with Gasteiger partial charge in [-0.05, 0) is 32.6 Å². The molecule has 0 N–H and O–H groups in total. The minimum Gasteiger partial charge on any atom is -0.466 e. The highest BCUT2D eigenvalue weighted by Gasteiger charge is 2.27. The third-order valence-corrected chi connectivity index (χ3v) is 4.51. The van der Waals surface area contributed by atoms with Gasteiger partial charge in [-0.25, -0.2) is 9.97 Å². The minimum atomic E-state index is -0.0532. The van der Waals surface area contributed by atoms with Crippen molar-refractivity contribution in [1.82, 2.24) is 9.97 Å². The molecule has 0 aliphatic carbocycles. The Labute approximate surface area is 131 Å². The summed E-state index contributed by atoms with van der Waals surface area (Å²) in [6.07, 6.45) is 5.80. The SMILES string of the molecule is CCOC(=O)C1CCN(c2cc(N3CCCC3)ncn2)CC1. The normalized spacial score (nSPS) is 19.5. The van der Waals surface area contributed by atoms with Crippen LogP contribution < -0.4 is 9.80 Å². The highest BCUT2D eigenvalue weighted by Crippen LogP contribution is 2.25. The van der Waals surface area contributed by atoms with Crippen molar-refractivity contribution < 1.29 is 9.53 Å². The number of hydrogen-bond acceptors (Lipinski definition) is 6. The lowest BCUT2D eigenvalue weighted by atomic mass is 9.97. The van der Waals surface area contributed by atoms with E-state index in [2.05, 4.69) is 25.8 Å². The van der Waals surface area contributed by atoms with E-state index in [-0.39, 0.29) is 11.9 Å². The smallest absolute Gasteiger partial charge is 0.309 e. The van der Waals surface area contributed by atoms with Crippen LogP contribution in [0.5, 0.6) is 0 Å². The van der Waals surface area contributed by atoms with Crippen LogP contribution in [-0.4, -0.2) is 48.7 Å². The van der Waals surface area contributed by atoms with Crippen molar-refractivity contribution >= 4 is 17.6 Å². The Morgan fingerprint density at radius 3 is 2.32 bits per heavy atom. The second-order valence-corrected chi connectivity index (χ2v) is 5.94. The zero-order valence-corrected chi connectivity index (χ0v) is 13.2. The summed E-state index contributed by atoms with van der Waals surface area (Å²) in [5.41, 5.74) is 0. The van der Waals surface area contributed by atoms with Crippen molar-refractivity contribution in [1.29, 1.82) is 0 Å². The lowest BCUT2D eigenvalue weighted by Crippen LogP contribution is -2.37. The predicted molar refractivity (Wildman–Crippen MR) is 85.0 cm³/mol. The molecule has 0 radical (unpaired) electrons. The molecule has 1 aromatic rings. The van der Waals surface area contributed by atoms with Crippen LogP contribution in [0.1, 0.15) is 32.6 Å². The third-order valence-electron chi connectivity index (χ3n) is 4.51. The largest absolute Gasteiger partial charge is 0.466 e. The summed E-state index contributed by atoms with van der Waals surface area (Å²) in [6, 6.07) is 2.08. The number of aromatic nitrogens is 2. The average molecular weight is 304 g/mol. The summed E-state index contributed by atoms with van der Waals surface area (Å²) in [5, 5.41) is 0. The van der Waals surface area contributed by atoms with E-state index >= 15 is 0 Å². The Hall–Kier alpha value is -1.85. The summed E-state index contributed by atoms with van der Waals surface area (Å²) >= 11 is 0. The lowest BCUT2D eigenvalue weighted by Gasteiger charge is -2.32. The Balaban J connectivity index is 1.61. The molecule has 22 heavy (non-hydrogen) atoms. The van der Waals surface area contributed by atoms with E-state index < -0.39 is 0 Å². The maximum Gasteiger partial charge on any atom is 0.309 e. The summed E-state index contributed by atoms with van der Waals surface area (Å²) in [6.45, 7) is 6.18. The number of carbonyl (C=O) groups excluding carboxylic acids is 1. The molecule has 3 heterocycles. The number of carbonyl (C=O) groups is 1. The molecule has 2 saturated heterocycles. The van der Waals surface area contributed by atoms with Gasteiger partial charge in [0.15, 0.2) is 0 Å². The van der Waals surface area contributed by atoms with Gasteiger partial charge in [0.1, 0.15) is 18.0 Å². The molecule has 0 bridgehead atoms. The van der Waals surface area contributed by atoms with Crippen LogP contribution in [0.15, 0.2) is 12.4 Å². The highest BCUT2D eigenvalue weighted by molar-refractivity contribution is 5.72. The van der Waals surface area contributed by atoms with Crippen molar-refractivity contribution in [3.8, 4) is 0 Å². The van der Waals surface area contributed by atoms with Crippen LogP contribution in [0.3, 0.4) is 0 Å². The van der Waals surface area contributed by atoms with Crippen molar-refractivity contribution in [2.45, 2.75) is 32.6 Å². The van der Waals surface area contributed by atoms with Crippen molar-refractivity contribution in [3.63, 3.8) is 0 Å². The number of ether oxygens (including phenoxy) is 1. The van der Waals surface area contributed by atoms with E-state index in [1.54, 1.807) is 6.33 Å². The van der Waals surface area contributed by atoms with Crippen molar-refractivity contribution in [2.24, 2.45) is 5.92 Å². The average Bonchev–Trinajstić information content (AvgIpc) is 3.10. The van der Waals surface area contributed by atoms with E-state index in [1.165, 1.54) is 12.8 Å². The topological polar surface area (TPSA) is 58.6 Å². The van der Waals surface area contributed by atoms with Gasteiger partial charge in [0.05, 0.1) is 12.5 Å². The summed E-state index contributed by atoms with van der Waals surface area (Å²) in [7, 11) is 0. The predicted octanol–water partition coefficient (Wildman–Crippen LogP) is 1.86. The molecule has 6 nitrogen and oxygen atoms in total. The van der Waals surface area contributed by atoms with Gasteiger partial charge in [-0.1, -0.05) is 0 Å². The van der Waals surface area contributed by atoms with Gasteiger partial charge < -0.3 is 14.5 Å². The van der Waals surface area contributed by atoms with Crippen molar-refractivity contribution in [2.75, 3.05) is 42.6 Å². The van der Waals surface area contributed by atoms with Gasteiger partial charge in [-0.3, -0.25) is 4.79 Å². The second kappa shape index (κ2) is 6.94. The summed E-state index contributed by atoms with van der Waals surface area (Å²) in [4.78, 5) is 25.2. The molecule has 0 amide bonds. The molecule has 6 heteroatoms. The zero-order valence-electron chi connectivity index (χ0n) is 13.2. The maximum absolute atomic E-state index is 11.8. The molecule has 1 aromatic heterocycles. The molecule has 2 aliphatic rings. The first-order chi connectivity index (χ1) is 10.8. The molecule has 3 rings (SSSR count). The third kappa shape index (κ3) is 3.31. The summed E-state index contributed by atoms with van der Waals surface area (Å²) < 4.78 is 5.12. The molecule has 2 aliphatic heterocycles. The van der Waals surface area contributed by atoms with Gasteiger partial charge in [0.2, 0.25) is 0 Å². The first-order valence-corrected chi connectivity index (χ1v) is 8.26. The fourth-order valence-corrected chi connectivity index (χ4v) is 3.23. The van der Waals surface area contributed by atoms with Gasteiger partial charge in [-0.15, -0.1) is 0 Å². The van der Waals surface area contributed by atoms with E-state index in [0.717, 1.165) is 50.7 Å². The van der Waals surface area contributed by atoms with E-state index in [9.17, 15) is 4.79 Å². The van der Waals surface area contributed by atoms with Gasteiger partial charge in [0, 0.05) is 32.2 Å². The molecule has 0 spiro atoms. The van der Waals surface area contributed by atoms with Crippen LogP contribution in [-0.2, 0) is 9.53 Å². The van der Waals surface area contributed by atoms with Crippen LogP contribution in [0.2, 0.25) is 0 Å². The van der Waals surface area contributed by atoms with E-state index in [0.29, 0.717) is 6.61 Å². The molecular formula is C16H24N4O2. The van der Waals surface area contributed by atoms with Crippen LogP contribution in [0.4, 0.5) is 11.6 Å². The minimum absolute atomic E-state index is 0.0380. The first kappa shape index (κ1) is 15.1. The standard InChI is InChI=1S/C16H24N4O2/c1-2-22-16(21)13-5-9-20(10-6-13)15-11-14(17-12-18-15)19-7-3-4-8-19/h11-13H,2-10H2,1H3. The molecule has 2 fully saturated rings.